The molecule has 1 N–H and O–H groups in total. The van der Waals surface area contributed by atoms with E-state index in [1.807, 2.05) is 13.0 Å². The standard InChI is InChI=1S/C7H8O3S.C5H3N3/c1-6-2-4-7(5-3-6)11(8,9)10;6-3-5-4-7-1-2-8-5/h2-5H,1H3,(H,8,9,10);1-2,4H. The van der Waals surface area contributed by atoms with Crippen LogP contribution in [0.5, 0.6) is 0 Å². The Bertz CT molecular complexity index is 662. The van der Waals surface area contributed by atoms with Gasteiger partial charge in [0.1, 0.15) is 6.07 Å². The van der Waals surface area contributed by atoms with Gasteiger partial charge in [-0.05, 0) is 19.1 Å². The van der Waals surface area contributed by atoms with Crippen molar-refractivity contribution in [1.29, 1.82) is 5.26 Å². The number of benzene rings is 1. The lowest BCUT2D eigenvalue weighted by Crippen LogP contribution is -1.96. The van der Waals surface area contributed by atoms with Gasteiger partial charge < -0.3 is 0 Å². The Labute approximate surface area is 111 Å². The summed E-state index contributed by atoms with van der Waals surface area (Å²) < 4.78 is 29.6. The molecule has 6 nitrogen and oxygen atoms in total. The van der Waals surface area contributed by atoms with Gasteiger partial charge in [-0.1, -0.05) is 17.7 Å². The van der Waals surface area contributed by atoms with E-state index in [2.05, 4.69) is 9.97 Å². The molecule has 7 heteroatoms. The van der Waals surface area contributed by atoms with Crippen LogP contribution in [0.25, 0.3) is 0 Å². The molecule has 0 spiro atoms. The SMILES string of the molecule is Cc1ccc(S(=O)(=O)O)cc1.N#Cc1cnccn1. The summed E-state index contributed by atoms with van der Waals surface area (Å²) in [5.41, 5.74) is 1.31. The van der Waals surface area contributed by atoms with Crippen molar-refractivity contribution in [2.75, 3.05) is 0 Å². The first kappa shape index (κ1) is 14.8. The zero-order valence-electron chi connectivity index (χ0n) is 10.1. The summed E-state index contributed by atoms with van der Waals surface area (Å²) >= 11 is 0. The molecule has 19 heavy (non-hydrogen) atoms. The average Bonchev–Trinajstić information content (AvgIpc) is 2.40. The predicted octanol–water partition coefficient (Wildman–Crippen LogP) is 1.59. The van der Waals surface area contributed by atoms with E-state index in [-0.39, 0.29) is 4.90 Å². The van der Waals surface area contributed by atoms with E-state index in [0.717, 1.165) is 5.56 Å². The van der Waals surface area contributed by atoms with Gasteiger partial charge in [-0.15, -0.1) is 0 Å². The highest BCUT2D eigenvalue weighted by Gasteiger charge is 2.06. The van der Waals surface area contributed by atoms with Crippen LogP contribution in [-0.2, 0) is 10.1 Å². The molecule has 0 unspecified atom stereocenters. The molecule has 0 aliphatic carbocycles. The van der Waals surface area contributed by atoms with E-state index in [0.29, 0.717) is 5.69 Å². The summed E-state index contributed by atoms with van der Waals surface area (Å²) in [7, 11) is -4.02. The third kappa shape index (κ3) is 5.25. The van der Waals surface area contributed by atoms with Crippen molar-refractivity contribution in [2.24, 2.45) is 0 Å². The van der Waals surface area contributed by atoms with Gasteiger partial charge in [0.25, 0.3) is 10.1 Å². The summed E-state index contributed by atoms with van der Waals surface area (Å²) in [4.78, 5) is 7.28. The lowest BCUT2D eigenvalue weighted by molar-refractivity contribution is 0.483. The first-order valence-corrected chi connectivity index (χ1v) is 6.58. The fourth-order valence-electron chi connectivity index (χ4n) is 1.07. The zero-order valence-corrected chi connectivity index (χ0v) is 10.9. The van der Waals surface area contributed by atoms with E-state index in [9.17, 15) is 8.42 Å². The minimum absolute atomic E-state index is 0.0666. The molecule has 2 rings (SSSR count). The Balaban J connectivity index is 0.000000200. The van der Waals surface area contributed by atoms with Gasteiger partial charge in [0, 0.05) is 12.4 Å². The molecule has 98 valence electrons. The Kier molecular flexibility index (Phi) is 5.11. The van der Waals surface area contributed by atoms with Gasteiger partial charge in [-0.2, -0.15) is 13.7 Å². The number of aryl methyl sites for hydroxylation is 1. The maximum atomic E-state index is 10.5. The second-order valence-corrected chi connectivity index (χ2v) is 4.91. The van der Waals surface area contributed by atoms with Crippen LogP contribution >= 0.6 is 0 Å². The molecule has 0 bridgehead atoms. The van der Waals surface area contributed by atoms with Gasteiger partial charge in [-0.25, -0.2) is 4.98 Å². The van der Waals surface area contributed by atoms with Crippen LogP contribution < -0.4 is 0 Å². The van der Waals surface area contributed by atoms with Gasteiger partial charge in [0.2, 0.25) is 0 Å². The minimum atomic E-state index is -4.02. The summed E-state index contributed by atoms with van der Waals surface area (Å²) in [6.45, 7) is 1.84. The van der Waals surface area contributed by atoms with Crippen molar-refractivity contribution in [3.05, 3.63) is 54.1 Å². The van der Waals surface area contributed by atoms with E-state index in [1.165, 1.54) is 30.7 Å². The maximum absolute atomic E-state index is 10.5. The number of aromatic nitrogens is 2. The van der Waals surface area contributed by atoms with Crippen LogP contribution in [0.15, 0.2) is 47.8 Å². The molecular formula is C12H11N3O3S. The third-order valence-electron chi connectivity index (χ3n) is 2.00. The molecule has 1 aromatic carbocycles. The van der Waals surface area contributed by atoms with E-state index < -0.39 is 10.1 Å². The van der Waals surface area contributed by atoms with Gasteiger partial charge in [0.05, 0.1) is 11.1 Å². The number of hydrogen-bond donors (Lipinski definition) is 1. The van der Waals surface area contributed by atoms with Gasteiger partial charge in [-0.3, -0.25) is 9.54 Å². The molecule has 0 atom stereocenters. The predicted molar refractivity (Wildman–Crippen MR) is 67.7 cm³/mol. The average molecular weight is 277 g/mol. The van der Waals surface area contributed by atoms with Crippen molar-refractivity contribution in [2.45, 2.75) is 11.8 Å². The normalized spacial score (nSPS) is 9.95. The molecular weight excluding hydrogens is 266 g/mol. The van der Waals surface area contributed by atoms with Gasteiger partial charge >= 0.3 is 0 Å². The van der Waals surface area contributed by atoms with Crippen LogP contribution in [0.2, 0.25) is 0 Å². The molecule has 1 aromatic heterocycles. The molecule has 0 saturated heterocycles. The Morgan fingerprint density at radius 3 is 2.21 bits per heavy atom. The largest absolute Gasteiger partial charge is 0.294 e. The monoisotopic (exact) mass is 277 g/mol. The fourth-order valence-corrected chi connectivity index (χ4v) is 1.55. The van der Waals surface area contributed by atoms with Crippen LogP contribution in [0.3, 0.4) is 0 Å². The fraction of sp³-hybridized carbons (Fsp3) is 0.0833. The molecule has 0 amide bonds. The zero-order chi connectivity index (χ0) is 14.3. The lowest BCUT2D eigenvalue weighted by Gasteiger charge is -1.95. The van der Waals surface area contributed by atoms with E-state index in [1.54, 1.807) is 12.1 Å². The van der Waals surface area contributed by atoms with Crippen molar-refractivity contribution in [3.8, 4) is 6.07 Å². The highest BCUT2D eigenvalue weighted by molar-refractivity contribution is 7.85. The smallest absolute Gasteiger partial charge is 0.282 e. The Hall–Kier alpha value is -2.30. The third-order valence-corrected chi connectivity index (χ3v) is 2.86. The van der Waals surface area contributed by atoms with E-state index >= 15 is 0 Å². The highest BCUT2D eigenvalue weighted by Crippen LogP contribution is 2.08. The first-order chi connectivity index (χ1) is 8.93. The van der Waals surface area contributed by atoms with Crippen LogP contribution in [0, 0.1) is 18.3 Å². The number of nitrogens with zero attached hydrogens (tertiary/aromatic N) is 3. The topological polar surface area (TPSA) is 104 Å². The van der Waals surface area contributed by atoms with Crippen molar-refractivity contribution < 1.29 is 13.0 Å². The molecule has 0 aliphatic heterocycles. The van der Waals surface area contributed by atoms with Crippen molar-refractivity contribution in [1.82, 2.24) is 9.97 Å². The van der Waals surface area contributed by atoms with Crippen molar-refractivity contribution >= 4 is 10.1 Å². The molecule has 2 aromatic rings. The Morgan fingerprint density at radius 1 is 1.21 bits per heavy atom. The molecule has 0 radical (unpaired) electrons. The molecule has 0 saturated carbocycles. The number of hydrogen-bond acceptors (Lipinski definition) is 5. The number of nitriles is 1. The van der Waals surface area contributed by atoms with Crippen molar-refractivity contribution in [3.63, 3.8) is 0 Å². The Morgan fingerprint density at radius 2 is 1.84 bits per heavy atom. The summed E-state index contributed by atoms with van der Waals surface area (Å²) in [5, 5.41) is 8.19. The quantitative estimate of drug-likeness (QED) is 0.794. The van der Waals surface area contributed by atoms with Crippen LogP contribution in [0.1, 0.15) is 11.3 Å². The second kappa shape index (κ2) is 6.58. The minimum Gasteiger partial charge on any atom is -0.282 e. The second-order valence-electron chi connectivity index (χ2n) is 3.49. The van der Waals surface area contributed by atoms with Gasteiger partial charge in [0.15, 0.2) is 5.69 Å². The highest BCUT2D eigenvalue weighted by atomic mass is 32.2. The molecule has 0 fully saturated rings. The lowest BCUT2D eigenvalue weighted by atomic mass is 10.2. The van der Waals surface area contributed by atoms with E-state index in [4.69, 9.17) is 9.81 Å². The maximum Gasteiger partial charge on any atom is 0.294 e. The first-order valence-electron chi connectivity index (χ1n) is 5.14. The van der Waals surface area contributed by atoms with Crippen LogP contribution in [-0.4, -0.2) is 22.9 Å². The molecule has 1 heterocycles. The van der Waals surface area contributed by atoms with Crippen LogP contribution in [0.4, 0.5) is 0 Å². The summed E-state index contributed by atoms with van der Waals surface area (Å²) in [5.74, 6) is 0. The number of rotatable bonds is 1. The summed E-state index contributed by atoms with van der Waals surface area (Å²) in [6, 6.07) is 7.84. The molecule has 0 aliphatic rings. The summed E-state index contributed by atoms with van der Waals surface area (Å²) in [6.07, 6.45) is 4.43.